The minimum absolute atomic E-state index is 0.0522. The number of carbonyl (C=O) groups is 1. The molecule has 1 heterocycles. The lowest BCUT2D eigenvalue weighted by molar-refractivity contribution is 0.0709. The van der Waals surface area contributed by atoms with Crippen LogP contribution in [0.15, 0.2) is 36.9 Å². The first-order valence-electron chi connectivity index (χ1n) is 10.3. The molecule has 28 heavy (non-hydrogen) atoms. The van der Waals surface area contributed by atoms with Gasteiger partial charge < -0.3 is 9.33 Å². The smallest absolute Gasteiger partial charge is 0.255 e. The van der Waals surface area contributed by atoms with Gasteiger partial charge in [-0.1, -0.05) is 71.7 Å². The molecule has 0 aliphatic carbocycles. The molecule has 0 spiro atoms. The van der Waals surface area contributed by atoms with Crippen molar-refractivity contribution in [1.29, 1.82) is 0 Å². The second kappa shape index (κ2) is 9.11. The zero-order chi connectivity index (χ0) is 21.1. The van der Waals surface area contributed by atoms with E-state index in [1.807, 2.05) is 29.2 Å². The largest absolute Gasteiger partial charge is 0.402 e. The number of terminal acetylenes is 1. The summed E-state index contributed by atoms with van der Waals surface area (Å²) in [6, 6.07) is 7.76. The van der Waals surface area contributed by atoms with Crippen molar-refractivity contribution in [3.05, 3.63) is 48.0 Å². The summed E-state index contributed by atoms with van der Waals surface area (Å²) in [4.78, 5) is 14.7. The van der Waals surface area contributed by atoms with E-state index >= 15 is 0 Å². The molecule has 0 aromatic heterocycles. The number of amides is 1. The predicted molar refractivity (Wildman–Crippen MR) is 120 cm³/mol. The third kappa shape index (κ3) is 3.97. The Hall–Kier alpha value is -1.83. The molecular weight excluding hydrogens is 362 g/mol. The van der Waals surface area contributed by atoms with Gasteiger partial charge in [-0.05, 0) is 28.3 Å². The van der Waals surface area contributed by atoms with Gasteiger partial charge in [-0.2, -0.15) is 0 Å². The third-order valence-electron chi connectivity index (χ3n) is 6.19. The van der Waals surface area contributed by atoms with Crippen molar-refractivity contribution in [3.63, 3.8) is 0 Å². The monoisotopic (exact) mass is 397 g/mol. The van der Waals surface area contributed by atoms with Crippen molar-refractivity contribution in [2.45, 2.75) is 76.7 Å². The minimum atomic E-state index is -2.10. The third-order valence-corrected chi connectivity index (χ3v) is 12.3. The SMILES string of the molecule is C#CC(CC1c2ccccc2C(=O)N1CC=C)O[Si](C(C)C)(C(C)C)C(C)C. The average Bonchev–Trinajstić information content (AvgIpc) is 2.90. The molecule has 0 N–H and O–H groups in total. The molecule has 0 bridgehead atoms. The van der Waals surface area contributed by atoms with Gasteiger partial charge in [0.05, 0.1) is 6.04 Å². The number of benzene rings is 1. The van der Waals surface area contributed by atoms with Crippen LogP contribution in [0.2, 0.25) is 16.6 Å². The van der Waals surface area contributed by atoms with Crippen molar-refractivity contribution in [3.8, 4) is 12.3 Å². The molecule has 1 aliphatic heterocycles. The van der Waals surface area contributed by atoms with Crippen molar-refractivity contribution in [2.24, 2.45) is 0 Å². The fourth-order valence-corrected chi connectivity index (χ4v) is 10.5. The molecule has 1 amide bonds. The van der Waals surface area contributed by atoms with Gasteiger partial charge in [0.15, 0.2) is 0 Å². The Labute approximate surface area is 172 Å². The maximum absolute atomic E-state index is 12.9. The quantitative estimate of drug-likeness (QED) is 0.292. The van der Waals surface area contributed by atoms with E-state index < -0.39 is 8.32 Å². The highest BCUT2D eigenvalue weighted by Gasteiger charge is 2.47. The zero-order valence-electron chi connectivity index (χ0n) is 18.2. The van der Waals surface area contributed by atoms with Crippen molar-refractivity contribution >= 4 is 14.2 Å². The highest BCUT2D eigenvalue weighted by molar-refractivity contribution is 6.77. The molecule has 1 aromatic carbocycles. The fraction of sp³-hybridized carbons (Fsp3) is 0.542. The van der Waals surface area contributed by atoms with Gasteiger partial charge in [0.1, 0.15) is 6.10 Å². The summed E-state index contributed by atoms with van der Waals surface area (Å²) in [5.41, 5.74) is 3.20. The van der Waals surface area contributed by atoms with E-state index in [9.17, 15) is 4.79 Å². The van der Waals surface area contributed by atoms with Gasteiger partial charge in [0.2, 0.25) is 8.32 Å². The molecule has 2 atom stereocenters. The minimum Gasteiger partial charge on any atom is -0.402 e. The molecule has 2 rings (SSSR count). The summed E-state index contributed by atoms with van der Waals surface area (Å²) in [6.07, 6.45) is 8.04. The lowest BCUT2D eigenvalue weighted by Crippen LogP contribution is -2.50. The molecule has 0 saturated heterocycles. The Bertz CT molecular complexity index is 725. The van der Waals surface area contributed by atoms with Crippen molar-refractivity contribution in [1.82, 2.24) is 4.90 Å². The average molecular weight is 398 g/mol. The lowest BCUT2D eigenvalue weighted by Gasteiger charge is -2.44. The maximum atomic E-state index is 12.9. The molecule has 1 aliphatic rings. The number of fused-ring (bicyclic) bond motifs is 1. The summed E-state index contributed by atoms with van der Waals surface area (Å²) in [6.45, 7) is 17.9. The molecule has 4 heteroatoms. The Morgan fingerprint density at radius 1 is 1.18 bits per heavy atom. The van der Waals surface area contributed by atoms with Crippen LogP contribution in [0, 0.1) is 12.3 Å². The summed E-state index contributed by atoms with van der Waals surface area (Å²) < 4.78 is 6.85. The van der Waals surface area contributed by atoms with Crippen LogP contribution in [0.5, 0.6) is 0 Å². The molecular formula is C24H35NO2Si. The molecule has 1 aromatic rings. The van der Waals surface area contributed by atoms with Gasteiger partial charge in [-0.15, -0.1) is 13.0 Å². The van der Waals surface area contributed by atoms with Crippen LogP contribution in [0.1, 0.15) is 69.9 Å². The second-order valence-corrected chi connectivity index (χ2v) is 14.1. The van der Waals surface area contributed by atoms with Gasteiger partial charge in [0, 0.05) is 18.5 Å². The topological polar surface area (TPSA) is 29.5 Å². The van der Waals surface area contributed by atoms with Crippen LogP contribution >= 0.6 is 0 Å². The van der Waals surface area contributed by atoms with E-state index in [1.165, 1.54) is 0 Å². The van der Waals surface area contributed by atoms with E-state index in [2.05, 4.69) is 54.0 Å². The van der Waals surface area contributed by atoms with E-state index in [1.54, 1.807) is 6.08 Å². The predicted octanol–water partition coefficient (Wildman–Crippen LogP) is 5.95. The maximum Gasteiger partial charge on any atom is 0.255 e. The van der Waals surface area contributed by atoms with Crippen LogP contribution in [0.25, 0.3) is 0 Å². The van der Waals surface area contributed by atoms with Gasteiger partial charge in [-0.3, -0.25) is 4.79 Å². The summed E-state index contributed by atoms with van der Waals surface area (Å²) in [5.74, 6) is 2.96. The molecule has 152 valence electrons. The van der Waals surface area contributed by atoms with E-state index in [0.29, 0.717) is 29.6 Å². The van der Waals surface area contributed by atoms with Crippen LogP contribution in [0.3, 0.4) is 0 Å². The summed E-state index contributed by atoms with van der Waals surface area (Å²) in [5, 5.41) is 0. The highest BCUT2D eigenvalue weighted by Crippen LogP contribution is 2.44. The highest BCUT2D eigenvalue weighted by atomic mass is 28.4. The molecule has 0 fully saturated rings. The van der Waals surface area contributed by atoms with Crippen LogP contribution in [0.4, 0.5) is 0 Å². The number of hydrogen-bond donors (Lipinski definition) is 0. The van der Waals surface area contributed by atoms with Crippen LogP contribution < -0.4 is 0 Å². The second-order valence-electron chi connectivity index (χ2n) is 8.68. The molecule has 0 saturated carbocycles. The summed E-state index contributed by atoms with van der Waals surface area (Å²) >= 11 is 0. The van der Waals surface area contributed by atoms with Crippen molar-refractivity contribution < 1.29 is 9.22 Å². The lowest BCUT2D eigenvalue weighted by atomic mass is 10.00. The number of rotatable bonds is 9. The first-order valence-corrected chi connectivity index (χ1v) is 12.5. The Balaban J connectivity index is 2.36. The fourth-order valence-electron chi connectivity index (χ4n) is 5.06. The van der Waals surface area contributed by atoms with Gasteiger partial charge >= 0.3 is 0 Å². The Morgan fingerprint density at radius 2 is 1.75 bits per heavy atom. The number of hydrogen-bond acceptors (Lipinski definition) is 2. The van der Waals surface area contributed by atoms with E-state index in [0.717, 1.165) is 11.1 Å². The Kier molecular flexibility index (Phi) is 7.31. The van der Waals surface area contributed by atoms with Crippen LogP contribution in [-0.4, -0.2) is 31.8 Å². The molecule has 3 nitrogen and oxygen atoms in total. The van der Waals surface area contributed by atoms with E-state index in [-0.39, 0.29) is 18.1 Å². The number of nitrogens with zero attached hydrogens (tertiary/aromatic N) is 1. The molecule has 0 radical (unpaired) electrons. The van der Waals surface area contributed by atoms with Gasteiger partial charge in [0.25, 0.3) is 5.91 Å². The first-order chi connectivity index (χ1) is 13.2. The standard InChI is InChI=1S/C24H35NO2Si/c1-9-15-25-23(21-13-11-12-14-22(21)24(25)26)16-20(10-2)27-28(17(3)4,18(5)6)19(7)8/h2,9,11-14,17-20,23H,1,15-16H2,3-8H3. The zero-order valence-corrected chi connectivity index (χ0v) is 19.2. The Morgan fingerprint density at radius 3 is 2.25 bits per heavy atom. The number of carbonyl (C=O) groups excluding carboxylic acids is 1. The van der Waals surface area contributed by atoms with Gasteiger partial charge in [-0.25, -0.2) is 0 Å². The first kappa shape index (κ1) is 22.5. The summed E-state index contributed by atoms with van der Waals surface area (Å²) in [7, 11) is -2.10. The van der Waals surface area contributed by atoms with Crippen molar-refractivity contribution in [2.75, 3.05) is 6.54 Å². The molecule has 2 unspecified atom stereocenters. The van der Waals surface area contributed by atoms with E-state index in [4.69, 9.17) is 10.8 Å². The normalized spacial score (nSPS) is 17.9. The van der Waals surface area contributed by atoms with Crippen LogP contribution in [-0.2, 0) is 4.43 Å².